The van der Waals surface area contributed by atoms with Crippen LogP contribution in [0.5, 0.6) is 0 Å². The quantitative estimate of drug-likeness (QED) is 0.881. The largest absolute Gasteiger partial charge is 0.466 e. The van der Waals surface area contributed by atoms with Gasteiger partial charge in [-0.3, -0.25) is 0 Å². The summed E-state index contributed by atoms with van der Waals surface area (Å²) in [6.07, 6.45) is 0. The summed E-state index contributed by atoms with van der Waals surface area (Å²) < 4.78 is 7.29. The predicted molar refractivity (Wildman–Crippen MR) is 76.1 cm³/mol. The minimum absolute atomic E-state index is 0.126. The van der Waals surface area contributed by atoms with Crippen LogP contribution < -0.4 is 5.32 Å². The number of halogens is 2. The fraction of sp³-hybridized carbons (Fsp3) is 0.333. The van der Waals surface area contributed by atoms with Gasteiger partial charge >= 0.3 is 0 Å². The first-order valence-electron chi connectivity index (χ1n) is 5.22. The van der Waals surface area contributed by atoms with E-state index in [1.54, 1.807) is 11.3 Å². The highest BCUT2D eigenvalue weighted by Crippen LogP contribution is 2.38. The van der Waals surface area contributed by atoms with E-state index in [1.165, 1.54) is 4.88 Å². The van der Waals surface area contributed by atoms with Crippen LogP contribution in [-0.2, 0) is 0 Å². The molecule has 1 unspecified atom stereocenters. The summed E-state index contributed by atoms with van der Waals surface area (Å²) in [5, 5.41) is 3.30. The topological polar surface area (TPSA) is 25.2 Å². The molecule has 1 N–H and O–H groups in total. The standard InChI is InChI=1S/C12H13BrClNOS/c1-6-4-8(7(2)16-6)11(15-3)10-5-9(13)12(14)17-10/h4-5,11,15H,1-3H3. The Hall–Kier alpha value is -0.290. The maximum atomic E-state index is 6.08. The first-order chi connectivity index (χ1) is 8.02. The van der Waals surface area contributed by atoms with E-state index in [0.29, 0.717) is 0 Å². The van der Waals surface area contributed by atoms with Crippen LogP contribution >= 0.6 is 38.9 Å². The highest BCUT2D eigenvalue weighted by Gasteiger charge is 2.20. The molecule has 2 aromatic rings. The van der Waals surface area contributed by atoms with E-state index in [9.17, 15) is 0 Å². The lowest BCUT2D eigenvalue weighted by molar-refractivity contribution is 0.497. The van der Waals surface area contributed by atoms with Gasteiger partial charge in [0.2, 0.25) is 0 Å². The van der Waals surface area contributed by atoms with E-state index in [-0.39, 0.29) is 6.04 Å². The molecule has 0 aliphatic rings. The Morgan fingerprint density at radius 2 is 2.12 bits per heavy atom. The third-order valence-corrected chi connectivity index (χ3v) is 5.17. The molecule has 2 rings (SSSR count). The molecule has 2 aromatic heterocycles. The van der Waals surface area contributed by atoms with Crippen LogP contribution in [0, 0.1) is 13.8 Å². The van der Waals surface area contributed by atoms with Gasteiger partial charge in [0.15, 0.2) is 0 Å². The van der Waals surface area contributed by atoms with Gasteiger partial charge in [-0.15, -0.1) is 11.3 Å². The van der Waals surface area contributed by atoms with Crippen molar-refractivity contribution < 1.29 is 4.42 Å². The van der Waals surface area contributed by atoms with Gasteiger partial charge in [-0.1, -0.05) is 11.6 Å². The Balaban J connectivity index is 2.43. The Kier molecular flexibility index (Phi) is 3.98. The van der Waals surface area contributed by atoms with Gasteiger partial charge in [0.1, 0.15) is 15.9 Å². The molecule has 0 amide bonds. The van der Waals surface area contributed by atoms with Crippen LogP contribution in [-0.4, -0.2) is 7.05 Å². The molecule has 2 heterocycles. The molecule has 0 aromatic carbocycles. The van der Waals surface area contributed by atoms with Crippen LogP contribution in [0.1, 0.15) is 28.0 Å². The smallest absolute Gasteiger partial charge is 0.107 e. The van der Waals surface area contributed by atoms with Crippen molar-refractivity contribution in [3.8, 4) is 0 Å². The fourth-order valence-electron chi connectivity index (χ4n) is 1.89. The second-order valence-corrected chi connectivity index (χ2v) is 6.40. The van der Waals surface area contributed by atoms with Crippen molar-refractivity contribution in [1.29, 1.82) is 0 Å². The molecule has 0 saturated heterocycles. The summed E-state index contributed by atoms with van der Waals surface area (Å²) in [6, 6.07) is 4.25. The molecular formula is C12H13BrClNOS. The zero-order valence-corrected chi connectivity index (χ0v) is 13.0. The van der Waals surface area contributed by atoms with E-state index in [0.717, 1.165) is 25.9 Å². The highest BCUT2D eigenvalue weighted by atomic mass is 79.9. The lowest BCUT2D eigenvalue weighted by Gasteiger charge is -2.13. The van der Waals surface area contributed by atoms with Crippen molar-refractivity contribution in [3.63, 3.8) is 0 Å². The number of hydrogen-bond acceptors (Lipinski definition) is 3. The van der Waals surface area contributed by atoms with Crippen molar-refractivity contribution in [3.05, 3.63) is 42.9 Å². The zero-order valence-electron chi connectivity index (χ0n) is 9.80. The van der Waals surface area contributed by atoms with Gasteiger partial charge in [-0.2, -0.15) is 0 Å². The second kappa shape index (κ2) is 5.14. The predicted octanol–water partition coefficient (Wildman–Crippen LogP) is 4.68. The van der Waals surface area contributed by atoms with Crippen molar-refractivity contribution in [2.45, 2.75) is 19.9 Å². The number of furan rings is 1. The van der Waals surface area contributed by atoms with Crippen LogP contribution in [0.3, 0.4) is 0 Å². The van der Waals surface area contributed by atoms with Crippen LogP contribution in [0.4, 0.5) is 0 Å². The number of hydrogen-bond donors (Lipinski definition) is 1. The minimum Gasteiger partial charge on any atom is -0.466 e. The van der Waals surface area contributed by atoms with Crippen molar-refractivity contribution >= 4 is 38.9 Å². The monoisotopic (exact) mass is 333 g/mol. The number of aryl methyl sites for hydroxylation is 2. The van der Waals surface area contributed by atoms with E-state index in [1.807, 2.05) is 20.9 Å². The molecule has 2 nitrogen and oxygen atoms in total. The molecule has 1 atom stereocenters. The van der Waals surface area contributed by atoms with Crippen molar-refractivity contribution in [2.75, 3.05) is 7.05 Å². The third-order valence-electron chi connectivity index (χ3n) is 2.63. The number of rotatable bonds is 3. The summed E-state index contributed by atoms with van der Waals surface area (Å²) in [6.45, 7) is 3.94. The number of thiophene rings is 1. The fourth-order valence-corrected chi connectivity index (χ4v) is 3.76. The first kappa shape index (κ1) is 13.1. The molecule has 0 aliphatic carbocycles. The molecule has 0 bridgehead atoms. The summed E-state index contributed by atoms with van der Waals surface area (Å²) in [5.41, 5.74) is 1.16. The molecule has 0 saturated carbocycles. The van der Waals surface area contributed by atoms with E-state index >= 15 is 0 Å². The van der Waals surface area contributed by atoms with E-state index in [2.05, 4.69) is 33.4 Å². The molecule has 92 valence electrons. The molecule has 0 fully saturated rings. The van der Waals surface area contributed by atoms with Gasteiger partial charge in [-0.25, -0.2) is 0 Å². The Morgan fingerprint density at radius 3 is 2.53 bits per heavy atom. The second-order valence-electron chi connectivity index (χ2n) is 3.86. The van der Waals surface area contributed by atoms with Crippen molar-refractivity contribution in [2.24, 2.45) is 0 Å². The first-order valence-corrected chi connectivity index (χ1v) is 7.20. The minimum atomic E-state index is 0.126. The van der Waals surface area contributed by atoms with Crippen LogP contribution in [0.25, 0.3) is 0 Å². The van der Waals surface area contributed by atoms with Crippen molar-refractivity contribution in [1.82, 2.24) is 5.32 Å². The lowest BCUT2D eigenvalue weighted by Crippen LogP contribution is -2.16. The molecule has 5 heteroatoms. The normalized spacial score (nSPS) is 13.0. The molecule has 17 heavy (non-hydrogen) atoms. The van der Waals surface area contributed by atoms with Gasteiger partial charge < -0.3 is 9.73 Å². The van der Waals surface area contributed by atoms with Crippen LogP contribution in [0.15, 0.2) is 21.0 Å². The molecule has 0 radical (unpaired) electrons. The zero-order chi connectivity index (χ0) is 12.6. The Labute approximate surface area is 118 Å². The Morgan fingerprint density at radius 1 is 1.41 bits per heavy atom. The van der Waals surface area contributed by atoms with Gasteiger partial charge in [0, 0.05) is 14.9 Å². The summed E-state index contributed by atoms with van der Waals surface area (Å²) in [4.78, 5) is 1.17. The third kappa shape index (κ3) is 2.60. The number of nitrogens with one attached hydrogen (secondary N) is 1. The van der Waals surface area contributed by atoms with Gasteiger partial charge in [0.05, 0.1) is 6.04 Å². The van der Waals surface area contributed by atoms with Crippen LogP contribution in [0.2, 0.25) is 4.34 Å². The van der Waals surface area contributed by atoms with E-state index < -0.39 is 0 Å². The highest BCUT2D eigenvalue weighted by molar-refractivity contribution is 9.10. The molecule has 0 spiro atoms. The SMILES string of the molecule is CNC(c1cc(Br)c(Cl)s1)c1cc(C)oc1C. The summed E-state index contributed by atoms with van der Waals surface area (Å²) >= 11 is 11.1. The maximum absolute atomic E-state index is 6.08. The summed E-state index contributed by atoms with van der Waals surface area (Å²) in [7, 11) is 1.94. The van der Waals surface area contributed by atoms with E-state index in [4.69, 9.17) is 16.0 Å². The Bertz CT molecular complexity index is 515. The van der Waals surface area contributed by atoms with Gasteiger partial charge in [0.25, 0.3) is 0 Å². The summed E-state index contributed by atoms with van der Waals surface area (Å²) in [5.74, 6) is 1.88. The lowest BCUT2D eigenvalue weighted by atomic mass is 10.1. The molecule has 0 aliphatic heterocycles. The molecular weight excluding hydrogens is 322 g/mol. The average Bonchev–Trinajstić information content (AvgIpc) is 2.74. The van der Waals surface area contributed by atoms with Gasteiger partial charge in [-0.05, 0) is 49.0 Å². The maximum Gasteiger partial charge on any atom is 0.107 e. The average molecular weight is 335 g/mol.